The molecular weight excluding hydrogens is 217 g/mol. The first-order valence-corrected chi connectivity index (χ1v) is 4.15. The number of aromatic nitrogens is 3. The summed E-state index contributed by atoms with van der Waals surface area (Å²) in [6.45, 7) is 1.65. The fourth-order valence-electron chi connectivity index (χ4n) is 0.529. The lowest BCUT2D eigenvalue weighted by molar-refractivity contribution is -0.134. The van der Waals surface area contributed by atoms with Crippen molar-refractivity contribution in [1.29, 1.82) is 0 Å². The molecule has 0 spiro atoms. The molecule has 0 bridgehead atoms. The van der Waals surface area contributed by atoms with Crippen LogP contribution in [0.2, 0.25) is 10.6 Å². The summed E-state index contributed by atoms with van der Waals surface area (Å²) in [5.74, 6) is -0.460. The zero-order valence-corrected chi connectivity index (χ0v) is 8.13. The van der Waals surface area contributed by atoms with E-state index in [9.17, 15) is 4.79 Å². The maximum absolute atomic E-state index is 10.8. The second kappa shape index (κ2) is 4.34. The molecule has 1 rings (SSSR count). The van der Waals surface area contributed by atoms with Crippen LogP contribution in [0.15, 0.2) is 0 Å². The SMILES string of the molecule is CCC(=O)Oc1nc(Cl)nc(Cl)n1. The van der Waals surface area contributed by atoms with E-state index in [0.29, 0.717) is 0 Å². The molecule has 70 valence electrons. The quantitative estimate of drug-likeness (QED) is 0.709. The van der Waals surface area contributed by atoms with Gasteiger partial charge in [-0.15, -0.1) is 0 Å². The van der Waals surface area contributed by atoms with Crippen molar-refractivity contribution in [2.24, 2.45) is 0 Å². The summed E-state index contributed by atoms with van der Waals surface area (Å²) < 4.78 is 4.66. The molecule has 0 N–H and O–H groups in total. The van der Waals surface area contributed by atoms with Crippen LogP contribution in [0.25, 0.3) is 0 Å². The molecule has 0 fully saturated rings. The second-order valence-corrected chi connectivity index (χ2v) is 2.66. The number of rotatable bonds is 2. The fraction of sp³-hybridized carbons (Fsp3) is 0.333. The highest BCUT2D eigenvalue weighted by Gasteiger charge is 2.07. The Morgan fingerprint density at radius 2 is 1.85 bits per heavy atom. The van der Waals surface area contributed by atoms with Crippen LogP contribution in [-0.2, 0) is 4.79 Å². The van der Waals surface area contributed by atoms with E-state index >= 15 is 0 Å². The predicted octanol–water partition coefficient (Wildman–Crippen LogP) is 1.49. The van der Waals surface area contributed by atoms with Crippen molar-refractivity contribution >= 4 is 29.2 Å². The van der Waals surface area contributed by atoms with Gasteiger partial charge in [0.25, 0.3) is 0 Å². The largest absolute Gasteiger partial charge is 0.391 e. The van der Waals surface area contributed by atoms with Crippen LogP contribution in [-0.4, -0.2) is 20.9 Å². The molecule has 1 heterocycles. The van der Waals surface area contributed by atoms with Gasteiger partial charge in [0, 0.05) is 6.42 Å². The number of carbonyl (C=O) groups excluding carboxylic acids is 1. The number of esters is 1. The van der Waals surface area contributed by atoms with Crippen LogP contribution < -0.4 is 4.74 Å². The minimum absolute atomic E-state index is 0.112. The van der Waals surface area contributed by atoms with Crippen LogP contribution in [0, 0.1) is 0 Å². The topological polar surface area (TPSA) is 65.0 Å². The summed E-state index contributed by atoms with van der Waals surface area (Å²) in [6.07, 6.45) is 0.223. The maximum Gasteiger partial charge on any atom is 0.329 e. The first-order chi connectivity index (χ1) is 6.11. The number of hydrogen-bond acceptors (Lipinski definition) is 5. The molecule has 0 aliphatic heterocycles. The highest BCUT2D eigenvalue weighted by atomic mass is 35.5. The van der Waals surface area contributed by atoms with Crippen molar-refractivity contribution in [1.82, 2.24) is 15.0 Å². The number of halogens is 2. The van der Waals surface area contributed by atoms with Crippen LogP contribution >= 0.6 is 23.2 Å². The van der Waals surface area contributed by atoms with Crippen molar-refractivity contribution in [3.05, 3.63) is 10.6 Å². The third-order valence-corrected chi connectivity index (χ3v) is 1.39. The summed E-state index contributed by atoms with van der Waals surface area (Å²) in [7, 11) is 0. The standard InChI is InChI=1S/C6H5Cl2N3O2/c1-2-3(12)13-6-10-4(7)9-5(8)11-6/h2H2,1H3. The van der Waals surface area contributed by atoms with Gasteiger partial charge in [0.15, 0.2) is 0 Å². The lowest BCUT2D eigenvalue weighted by atomic mass is 10.5. The Balaban J connectivity index is 2.83. The van der Waals surface area contributed by atoms with Gasteiger partial charge in [0.05, 0.1) is 0 Å². The Hall–Kier alpha value is -0.940. The molecule has 0 aliphatic carbocycles. The minimum Gasteiger partial charge on any atom is -0.391 e. The van der Waals surface area contributed by atoms with E-state index < -0.39 is 5.97 Å². The molecule has 0 unspecified atom stereocenters. The van der Waals surface area contributed by atoms with Gasteiger partial charge < -0.3 is 4.74 Å². The van der Waals surface area contributed by atoms with Gasteiger partial charge in [-0.25, -0.2) is 0 Å². The molecule has 1 aromatic rings. The summed E-state index contributed by atoms with van der Waals surface area (Å²) >= 11 is 10.9. The van der Waals surface area contributed by atoms with Crippen LogP contribution in [0.3, 0.4) is 0 Å². The van der Waals surface area contributed by atoms with E-state index in [0.717, 1.165) is 0 Å². The highest BCUT2D eigenvalue weighted by Crippen LogP contribution is 2.11. The van der Waals surface area contributed by atoms with Gasteiger partial charge in [0.2, 0.25) is 10.6 Å². The molecular formula is C6H5Cl2N3O2. The van der Waals surface area contributed by atoms with Crippen LogP contribution in [0.4, 0.5) is 0 Å². The van der Waals surface area contributed by atoms with E-state index in [1.165, 1.54) is 0 Å². The molecule has 0 amide bonds. The third kappa shape index (κ3) is 3.12. The Bertz CT molecular complexity index is 311. The zero-order chi connectivity index (χ0) is 9.84. The Morgan fingerprint density at radius 3 is 2.31 bits per heavy atom. The van der Waals surface area contributed by atoms with Crippen molar-refractivity contribution in [3.63, 3.8) is 0 Å². The lowest BCUT2D eigenvalue weighted by Crippen LogP contribution is -2.08. The summed E-state index contributed by atoms with van der Waals surface area (Å²) in [6, 6.07) is -0.183. The monoisotopic (exact) mass is 221 g/mol. The molecule has 5 nitrogen and oxygen atoms in total. The molecule has 0 atom stereocenters. The Morgan fingerprint density at radius 1 is 1.31 bits per heavy atom. The van der Waals surface area contributed by atoms with Gasteiger partial charge in [-0.05, 0) is 23.2 Å². The average Bonchev–Trinajstić information content (AvgIpc) is 2.02. The van der Waals surface area contributed by atoms with E-state index in [4.69, 9.17) is 23.2 Å². The van der Waals surface area contributed by atoms with Gasteiger partial charge in [-0.3, -0.25) is 4.79 Å². The summed E-state index contributed by atoms with van der Waals surface area (Å²) in [4.78, 5) is 21.4. The van der Waals surface area contributed by atoms with E-state index in [1.807, 2.05) is 0 Å². The fourth-order valence-corrected chi connectivity index (χ4v) is 0.877. The van der Waals surface area contributed by atoms with Gasteiger partial charge in [-0.2, -0.15) is 15.0 Å². The normalized spacial score (nSPS) is 9.77. The average molecular weight is 222 g/mol. The molecule has 0 saturated heterocycles. The number of nitrogens with zero attached hydrogens (tertiary/aromatic N) is 3. The summed E-state index contributed by atoms with van der Waals surface area (Å²) in [5.41, 5.74) is 0. The van der Waals surface area contributed by atoms with E-state index in [1.54, 1.807) is 6.92 Å². The molecule has 1 aromatic heterocycles. The lowest BCUT2D eigenvalue weighted by Gasteiger charge is -1.99. The minimum atomic E-state index is -0.460. The number of carbonyl (C=O) groups is 1. The van der Waals surface area contributed by atoms with Gasteiger partial charge >= 0.3 is 12.0 Å². The van der Waals surface area contributed by atoms with Crippen molar-refractivity contribution in [3.8, 4) is 6.01 Å². The van der Waals surface area contributed by atoms with Gasteiger partial charge in [-0.1, -0.05) is 6.92 Å². The van der Waals surface area contributed by atoms with Crippen LogP contribution in [0.1, 0.15) is 13.3 Å². The first kappa shape index (κ1) is 10.1. The third-order valence-electron chi connectivity index (χ3n) is 1.05. The second-order valence-electron chi connectivity index (χ2n) is 1.98. The predicted molar refractivity (Wildman–Crippen MR) is 45.8 cm³/mol. The van der Waals surface area contributed by atoms with Crippen molar-refractivity contribution in [2.75, 3.05) is 0 Å². The summed E-state index contributed by atoms with van der Waals surface area (Å²) in [5, 5.41) is -0.224. The van der Waals surface area contributed by atoms with Gasteiger partial charge in [0.1, 0.15) is 0 Å². The van der Waals surface area contributed by atoms with Crippen LogP contribution in [0.5, 0.6) is 6.01 Å². The number of ether oxygens (including phenoxy) is 1. The molecule has 0 aliphatic rings. The molecule has 7 heteroatoms. The van der Waals surface area contributed by atoms with E-state index in [-0.39, 0.29) is 23.0 Å². The molecule has 0 saturated carbocycles. The molecule has 13 heavy (non-hydrogen) atoms. The smallest absolute Gasteiger partial charge is 0.329 e. The molecule has 0 aromatic carbocycles. The maximum atomic E-state index is 10.8. The Kier molecular flexibility index (Phi) is 3.39. The first-order valence-electron chi connectivity index (χ1n) is 3.39. The Labute approximate surface area is 84.1 Å². The highest BCUT2D eigenvalue weighted by molar-refractivity contribution is 6.31. The van der Waals surface area contributed by atoms with Crippen molar-refractivity contribution < 1.29 is 9.53 Å². The number of hydrogen-bond donors (Lipinski definition) is 0. The van der Waals surface area contributed by atoms with E-state index in [2.05, 4.69) is 19.7 Å². The zero-order valence-electron chi connectivity index (χ0n) is 6.62. The molecule has 0 radical (unpaired) electrons. The van der Waals surface area contributed by atoms with Crippen molar-refractivity contribution in [2.45, 2.75) is 13.3 Å².